The van der Waals surface area contributed by atoms with Crippen LogP contribution in [-0.2, 0) is 9.84 Å². The van der Waals surface area contributed by atoms with Gasteiger partial charge >= 0.3 is 6.36 Å². The third-order valence-electron chi connectivity index (χ3n) is 6.12. The number of sulfone groups is 1. The van der Waals surface area contributed by atoms with E-state index in [1.54, 1.807) is 37.3 Å². The van der Waals surface area contributed by atoms with E-state index in [0.29, 0.717) is 33.8 Å². The second-order valence-electron chi connectivity index (χ2n) is 8.99. The fraction of sp³-hybridized carbons (Fsp3) is 0.148. The van der Waals surface area contributed by atoms with Crippen LogP contribution in [0, 0.1) is 6.92 Å². The molecule has 0 N–H and O–H groups in total. The number of hydrogen-bond acceptors (Lipinski definition) is 6. The molecule has 0 aliphatic carbocycles. The van der Waals surface area contributed by atoms with Gasteiger partial charge in [-0.25, -0.2) is 26.9 Å². The summed E-state index contributed by atoms with van der Waals surface area (Å²) >= 11 is 0. The summed E-state index contributed by atoms with van der Waals surface area (Å²) in [6.07, 6.45) is -3.98. The van der Waals surface area contributed by atoms with Crippen LogP contribution in [0.4, 0.5) is 22.0 Å². The number of aryl methyl sites for hydroxylation is 1. The average molecular weight is 590 g/mol. The molecular formula is C27H20F5N5O3S. The van der Waals surface area contributed by atoms with E-state index in [0.717, 1.165) is 18.4 Å². The smallest absolute Gasteiger partial charge is 0.406 e. The molecule has 0 bridgehead atoms. The van der Waals surface area contributed by atoms with E-state index in [1.807, 2.05) is 0 Å². The van der Waals surface area contributed by atoms with Crippen molar-refractivity contribution in [2.75, 3.05) is 6.26 Å². The summed E-state index contributed by atoms with van der Waals surface area (Å²) in [6, 6.07) is 16.4. The third-order valence-corrected chi connectivity index (χ3v) is 7.23. The number of hydrogen-bond donors (Lipinski definition) is 0. The highest BCUT2D eigenvalue weighted by atomic mass is 32.2. The Labute approximate surface area is 230 Å². The first-order valence-corrected chi connectivity index (χ1v) is 13.8. The van der Waals surface area contributed by atoms with Crippen LogP contribution in [0.15, 0.2) is 84.0 Å². The molecule has 212 valence electrons. The van der Waals surface area contributed by atoms with Gasteiger partial charge in [-0.1, -0.05) is 23.4 Å². The Morgan fingerprint density at radius 3 is 2.22 bits per heavy atom. The molecule has 0 saturated carbocycles. The molecular weight excluding hydrogens is 569 g/mol. The van der Waals surface area contributed by atoms with Crippen molar-refractivity contribution in [3.8, 4) is 39.5 Å². The van der Waals surface area contributed by atoms with E-state index in [9.17, 15) is 30.4 Å². The van der Waals surface area contributed by atoms with E-state index in [-0.39, 0.29) is 10.7 Å². The van der Waals surface area contributed by atoms with Gasteiger partial charge in [0, 0.05) is 18.0 Å². The Morgan fingerprint density at radius 2 is 1.59 bits per heavy atom. The molecule has 5 aromatic rings. The largest absolute Gasteiger partial charge is 0.573 e. The molecule has 5 rings (SSSR count). The van der Waals surface area contributed by atoms with E-state index >= 15 is 0 Å². The van der Waals surface area contributed by atoms with Crippen LogP contribution in [0.1, 0.15) is 17.9 Å². The van der Waals surface area contributed by atoms with Crippen LogP contribution in [0.2, 0.25) is 0 Å². The molecule has 0 saturated heterocycles. The molecule has 14 heteroatoms. The fourth-order valence-corrected chi connectivity index (χ4v) is 4.93. The minimum atomic E-state index is -4.85. The van der Waals surface area contributed by atoms with Gasteiger partial charge in [-0.15, -0.1) is 18.3 Å². The number of aromatic nitrogens is 5. The minimum Gasteiger partial charge on any atom is -0.406 e. The molecule has 0 aliphatic heterocycles. The molecule has 0 radical (unpaired) electrons. The molecule has 0 atom stereocenters. The number of ether oxygens (including phenoxy) is 1. The van der Waals surface area contributed by atoms with E-state index in [1.165, 1.54) is 45.9 Å². The molecule has 8 nitrogen and oxygen atoms in total. The highest BCUT2D eigenvalue weighted by Gasteiger charge is 2.31. The Morgan fingerprint density at radius 1 is 0.902 bits per heavy atom. The van der Waals surface area contributed by atoms with Gasteiger partial charge in [0.25, 0.3) is 6.43 Å². The van der Waals surface area contributed by atoms with Crippen molar-refractivity contribution >= 4 is 9.84 Å². The van der Waals surface area contributed by atoms with Gasteiger partial charge in [-0.2, -0.15) is 0 Å². The lowest BCUT2D eigenvalue weighted by Gasteiger charge is -2.16. The van der Waals surface area contributed by atoms with Gasteiger partial charge in [0.05, 0.1) is 28.2 Å². The second kappa shape index (κ2) is 10.4. The zero-order chi connectivity index (χ0) is 29.5. The fourth-order valence-electron chi connectivity index (χ4n) is 4.26. The summed E-state index contributed by atoms with van der Waals surface area (Å²) in [7, 11) is -3.50. The molecule has 0 spiro atoms. The summed E-state index contributed by atoms with van der Waals surface area (Å²) < 4.78 is 95.9. The number of alkyl halides is 5. The average Bonchev–Trinajstić information content (AvgIpc) is 3.55. The van der Waals surface area contributed by atoms with Crippen molar-refractivity contribution in [1.29, 1.82) is 0 Å². The lowest BCUT2D eigenvalue weighted by molar-refractivity contribution is -0.274. The number of rotatable bonds is 7. The predicted molar refractivity (Wildman–Crippen MR) is 139 cm³/mol. The number of benzene rings is 3. The number of imidazole rings is 1. The molecule has 0 fully saturated rings. The SMILES string of the molecule is Cc1nc(C(F)F)cn1-c1ccc(-c2cccc(S(C)(=O)=O)c2)cc1-n1nncc1-c1ccc(OC(F)(F)F)cc1. The zero-order valence-corrected chi connectivity index (χ0v) is 22.2. The van der Waals surface area contributed by atoms with Crippen molar-refractivity contribution in [3.63, 3.8) is 0 Å². The summed E-state index contributed by atoms with van der Waals surface area (Å²) in [6.45, 7) is 1.56. The number of halogens is 5. The van der Waals surface area contributed by atoms with Crippen molar-refractivity contribution in [3.05, 3.63) is 90.6 Å². The van der Waals surface area contributed by atoms with Gasteiger partial charge in [-0.3, -0.25) is 0 Å². The van der Waals surface area contributed by atoms with Gasteiger partial charge in [0.2, 0.25) is 0 Å². The zero-order valence-electron chi connectivity index (χ0n) is 21.3. The highest BCUT2D eigenvalue weighted by molar-refractivity contribution is 7.90. The lowest BCUT2D eigenvalue weighted by Crippen LogP contribution is -2.16. The van der Waals surface area contributed by atoms with Gasteiger partial charge in [-0.05, 0) is 66.6 Å². The molecule has 2 aromatic heterocycles. The van der Waals surface area contributed by atoms with Crippen molar-refractivity contribution in [2.45, 2.75) is 24.6 Å². The Bertz CT molecular complexity index is 1830. The minimum absolute atomic E-state index is 0.107. The van der Waals surface area contributed by atoms with Gasteiger partial charge < -0.3 is 9.30 Å². The van der Waals surface area contributed by atoms with Crippen LogP contribution in [0.25, 0.3) is 33.8 Å². The van der Waals surface area contributed by atoms with Crippen LogP contribution in [0.3, 0.4) is 0 Å². The van der Waals surface area contributed by atoms with Crippen LogP contribution in [0.5, 0.6) is 5.75 Å². The van der Waals surface area contributed by atoms with Gasteiger partial charge in [0.1, 0.15) is 17.3 Å². The first kappa shape index (κ1) is 28.0. The maximum Gasteiger partial charge on any atom is 0.573 e. The first-order chi connectivity index (χ1) is 19.3. The number of nitrogens with zero attached hydrogens (tertiary/aromatic N) is 5. The van der Waals surface area contributed by atoms with Crippen molar-refractivity contribution < 1.29 is 35.1 Å². The summed E-state index contributed by atoms with van der Waals surface area (Å²) in [4.78, 5) is 4.05. The molecule has 2 heterocycles. The van der Waals surface area contributed by atoms with Crippen molar-refractivity contribution in [1.82, 2.24) is 24.5 Å². The molecule has 41 heavy (non-hydrogen) atoms. The van der Waals surface area contributed by atoms with Gasteiger partial charge in [0.15, 0.2) is 9.84 Å². The van der Waals surface area contributed by atoms with E-state index in [4.69, 9.17) is 0 Å². The standard InChI is InChI=1S/C27H20F5N5O3S/c1-16-34-22(26(28)29)15-36(16)23-11-8-19(18-4-3-5-21(12-18)41(2,38)39)13-24(23)37-25(14-33-35-37)17-6-9-20(10-7-17)40-27(30,31)32/h3-15,26H,1-2H3. The van der Waals surface area contributed by atoms with Crippen LogP contribution in [-0.4, -0.2) is 45.6 Å². The summed E-state index contributed by atoms with van der Waals surface area (Å²) in [5.74, 6) is -0.147. The molecule has 0 amide bonds. The Kier molecular flexibility index (Phi) is 7.11. The van der Waals surface area contributed by atoms with E-state index < -0.39 is 34.1 Å². The Hall–Kier alpha value is -4.59. The first-order valence-electron chi connectivity index (χ1n) is 11.9. The monoisotopic (exact) mass is 589 g/mol. The molecule has 0 unspecified atom stereocenters. The quantitative estimate of drug-likeness (QED) is 0.206. The maximum absolute atomic E-state index is 13.5. The van der Waals surface area contributed by atoms with Crippen LogP contribution >= 0.6 is 0 Å². The lowest BCUT2D eigenvalue weighted by atomic mass is 10.0. The second-order valence-corrected chi connectivity index (χ2v) is 11.0. The van der Waals surface area contributed by atoms with Crippen LogP contribution < -0.4 is 4.74 Å². The Balaban J connectivity index is 1.68. The van der Waals surface area contributed by atoms with Crippen molar-refractivity contribution in [2.24, 2.45) is 0 Å². The predicted octanol–water partition coefficient (Wildman–Crippen LogP) is 6.34. The molecule has 3 aromatic carbocycles. The topological polar surface area (TPSA) is 91.9 Å². The molecule has 0 aliphatic rings. The maximum atomic E-state index is 13.5. The highest BCUT2D eigenvalue weighted by Crippen LogP contribution is 2.33. The van der Waals surface area contributed by atoms with E-state index in [2.05, 4.69) is 20.0 Å². The third kappa shape index (κ3) is 5.96. The normalized spacial score (nSPS) is 12.2. The summed E-state index contributed by atoms with van der Waals surface area (Å²) in [5.41, 5.74) is 2.28. The summed E-state index contributed by atoms with van der Waals surface area (Å²) in [5, 5.41) is 8.15.